The minimum absolute atomic E-state index is 0.0534. The van der Waals surface area contributed by atoms with Gasteiger partial charge in [0.2, 0.25) is 5.91 Å². The van der Waals surface area contributed by atoms with Crippen LogP contribution in [0.1, 0.15) is 12.8 Å². The van der Waals surface area contributed by atoms with Crippen LogP contribution >= 0.6 is 0 Å². The van der Waals surface area contributed by atoms with Crippen LogP contribution in [-0.4, -0.2) is 67.3 Å². The first kappa shape index (κ1) is 14.1. The molecule has 1 heterocycles. The smallest absolute Gasteiger partial charge is 0.248 e. The highest BCUT2D eigenvalue weighted by Gasteiger charge is 2.23. The summed E-state index contributed by atoms with van der Waals surface area (Å²) in [6.45, 7) is 3.33. The summed E-state index contributed by atoms with van der Waals surface area (Å²) in [6, 6.07) is 0. The molecule has 0 bridgehead atoms. The van der Waals surface area contributed by atoms with Crippen molar-refractivity contribution in [1.29, 1.82) is 0 Å². The van der Waals surface area contributed by atoms with Crippen molar-refractivity contribution in [3.63, 3.8) is 0 Å². The predicted octanol–water partition coefficient (Wildman–Crippen LogP) is 0.373. The molecular weight excluding hydrogens is 244 g/mol. The Kier molecular flexibility index (Phi) is 4.99. The van der Waals surface area contributed by atoms with E-state index in [1.807, 2.05) is 4.90 Å². The summed E-state index contributed by atoms with van der Waals surface area (Å²) < 4.78 is 4.88. The van der Waals surface area contributed by atoms with E-state index >= 15 is 0 Å². The summed E-state index contributed by atoms with van der Waals surface area (Å²) in [6.07, 6.45) is 6.34. The Balaban J connectivity index is 1.91. The fraction of sp³-hybridized carbons (Fsp3) is 0.643. The van der Waals surface area contributed by atoms with Gasteiger partial charge in [0.1, 0.15) is 6.61 Å². The summed E-state index contributed by atoms with van der Waals surface area (Å²) >= 11 is 0. The Bertz CT molecular complexity index is 382. The molecule has 0 aromatic rings. The predicted molar refractivity (Wildman–Crippen MR) is 72.5 cm³/mol. The molecule has 2 aliphatic rings. The maximum Gasteiger partial charge on any atom is 0.248 e. The Morgan fingerprint density at radius 1 is 1.26 bits per heavy atom. The van der Waals surface area contributed by atoms with E-state index in [1.165, 1.54) is 0 Å². The van der Waals surface area contributed by atoms with Crippen molar-refractivity contribution in [2.45, 2.75) is 12.8 Å². The van der Waals surface area contributed by atoms with E-state index in [-0.39, 0.29) is 19.1 Å². The molecular formula is C14H22N2O3. The number of rotatable bonds is 4. The van der Waals surface area contributed by atoms with Gasteiger partial charge in [0.05, 0.1) is 6.61 Å². The summed E-state index contributed by atoms with van der Waals surface area (Å²) in [5, 5.41) is 9.39. The monoisotopic (exact) mass is 266 g/mol. The SMILES string of the molecule is COCC(=O)N1CCN(C2=CCCC=C2CO)CC1. The van der Waals surface area contributed by atoms with Gasteiger partial charge in [-0.2, -0.15) is 0 Å². The lowest BCUT2D eigenvalue weighted by molar-refractivity contribution is -0.136. The number of hydrogen-bond donors (Lipinski definition) is 1. The molecule has 5 heteroatoms. The zero-order chi connectivity index (χ0) is 13.7. The van der Waals surface area contributed by atoms with E-state index in [9.17, 15) is 9.90 Å². The van der Waals surface area contributed by atoms with Crippen molar-refractivity contribution in [3.8, 4) is 0 Å². The highest BCUT2D eigenvalue weighted by molar-refractivity contribution is 5.77. The van der Waals surface area contributed by atoms with Gasteiger partial charge in [-0.15, -0.1) is 0 Å². The van der Waals surface area contributed by atoms with Crippen molar-refractivity contribution >= 4 is 5.91 Å². The van der Waals surface area contributed by atoms with Crippen LogP contribution in [0.2, 0.25) is 0 Å². The van der Waals surface area contributed by atoms with Crippen molar-refractivity contribution in [2.75, 3.05) is 46.5 Å². The van der Waals surface area contributed by atoms with Gasteiger partial charge in [0.15, 0.2) is 0 Å². The summed E-state index contributed by atoms with van der Waals surface area (Å²) in [7, 11) is 1.54. The molecule has 0 saturated carbocycles. The average Bonchev–Trinajstić information content (AvgIpc) is 2.47. The molecule has 1 N–H and O–H groups in total. The van der Waals surface area contributed by atoms with Crippen molar-refractivity contribution in [2.24, 2.45) is 0 Å². The van der Waals surface area contributed by atoms with Crippen LogP contribution in [0.15, 0.2) is 23.4 Å². The molecule has 0 aromatic carbocycles. The molecule has 0 aromatic heterocycles. The number of ether oxygens (including phenoxy) is 1. The number of amides is 1. The van der Waals surface area contributed by atoms with Gasteiger partial charge in [-0.25, -0.2) is 0 Å². The van der Waals surface area contributed by atoms with Gasteiger partial charge >= 0.3 is 0 Å². The number of nitrogens with zero attached hydrogens (tertiary/aromatic N) is 2. The number of carbonyl (C=O) groups is 1. The largest absolute Gasteiger partial charge is 0.392 e. The molecule has 1 aliphatic carbocycles. The molecule has 0 spiro atoms. The number of methoxy groups -OCH3 is 1. The molecule has 19 heavy (non-hydrogen) atoms. The first-order chi connectivity index (χ1) is 9.26. The Hall–Kier alpha value is -1.33. The fourth-order valence-electron chi connectivity index (χ4n) is 2.60. The lowest BCUT2D eigenvalue weighted by Crippen LogP contribution is -2.49. The molecule has 5 nitrogen and oxygen atoms in total. The van der Waals surface area contributed by atoms with Crippen LogP contribution in [0.3, 0.4) is 0 Å². The third kappa shape index (κ3) is 3.36. The minimum Gasteiger partial charge on any atom is -0.392 e. The molecule has 106 valence electrons. The maximum absolute atomic E-state index is 11.7. The van der Waals surface area contributed by atoms with Gasteiger partial charge in [-0.3, -0.25) is 4.79 Å². The van der Waals surface area contributed by atoms with Gasteiger partial charge in [0.25, 0.3) is 0 Å². The summed E-state index contributed by atoms with van der Waals surface area (Å²) in [5.41, 5.74) is 2.16. The van der Waals surface area contributed by atoms with Crippen LogP contribution in [0, 0.1) is 0 Å². The normalized spacial score (nSPS) is 20.1. The molecule has 2 rings (SSSR count). The van der Waals surface area contributed by atoms with E-state index < -0.39 is 0 Å². The van der Waals surface area contributed by atoms with Crippen molar-refractivity contribution < 1.29 is 14.6 Å². The van der Waals surface area contributed by atoms with Gasteiger partial charge in [-0.1, -0.05) is 12.2 Å². The second-order valence-corrected chi connectivity index (χ2v) is 4.86. The highest BCUT2D eigenvalue weighted by atomic mass is 16.5. The number of allylic oxidation sites excluding steroid dienone is 2. The zero-order valence-corrected chi connectivity index (χ0v) is 11.5. The zero-order valence-electron chi connectivity index (χ0n) is 11.5. The van der Waals surface area contributed by atoms with Crippen molar-refractivity contribution in [3.05, 3.63) is 23.4 Å². The molecule has 1 saturated heterocycles. The number of hydrogen-bond acceptors (Lipinski definition) is 4. The first-order valence-electron chi connectivity index (χ1n) is 6.78. The second-order valence-electron chi connectivity index (χ2n) is 4.86. The Morgan fingerprint density at radius 3 is 2.58 bits per heavy atom. The Labute approximate surface area is 114 Å². The van der Waals surface area contributed by atoms with Crippen LogP contribution in [0.25, 0.3) is 0 Å². The third-order valence-corrected chi connectivity index (χ3v) is 3.64. The molecule has 0 unspecified atom stereocenters. The standard InChI is InChI=1S/C14H22N2O3/c1-19-11-14(18)16-8-6-15(7-9-16)13-5-3-2-4-12(13)10-17/h4-5,17H,2-3,6-11H2,1H3. The van der Waals surface area contributed by atoms with E-state index in [0.29, 0.717) is 0 Å². The van der Waals surface area contributed by atoms with Crippen molar-refractivity contribution in [1.82, 2.24) is 9.80 Å². The first-order valence-corrected chi connectivity index (χ1v) is 6.78. The highest BCUT2D eigenvalue weighted by Crippen LogP contribution is 2.23. The van der Waals surface area contributed by atoms with Gasteiger partial charge < -0.3 is 19.6 Å². The molecule has 0 radical (unpaired) electrons. The average molecular weight is 266 g/mol. The van der Waals surface area contributed by atoms with E-state index in [2.05, 4.69) is 17.1 Å². The summed E-state index contributed by atoms with van der Waals surface area (Å²) in [4.78, 5) is 15.8. The quantitative estimate of drug-likeness (QED) is 0.799. The van der Waals surface area contributed by atoms with Crippen LogP contribution < -0.4 is 0 Å². The number of aliphatic hydroxyl groups excluding tert-OH is 1. The van der Waals surface area contributed by atoms with Gasteiger partial charge in [-0.05, 0) is 18.4 Å². The van der Waals surface area contributed by atoms with E-state index in [0.717, 1.165) is 50.3 Å². The van der Waals surface area contributed by atoms with Crippen LogP contribution in [0.5, 0.6) is 0 Å². The maximum atomic E-state index is 11.7. The van der Waals surface area contributed by atoms with Crippen LogP contribution in [0.4, 0.5) is 0 Å². The molecule has 1 amide bonds. The lowest BCUT2D eigenvalue weighted by atomic mass is 10.0. The topological polar surface area (TPSA) is 53.0 Å². The van der Waals surface area contributed by atoms with E-state index in [4.69, 9.17) is 4.74 Å². The lowest BCUT2D eigenvalue weighted by Gasteiger charge is -2.38. The summed E-state index contributed by atoms with van der Waals surface area (Å²) in [5.74, 6) is 0.0534. The molecule has 1 fully saturated rings. The van der Waals surface area contributed by atoms with Gasteiger partial charge in [0, 0.05) is 39.0 Å². The number of aliphatic hydroxyl groups is 1. The third-order valence-electron chi connectivity index (χ3n) is 3.64. The minimum atomic E-state index is 0.0534. The number of piperazine rings is 1. The molecule has 1 aliphatic heterocycles. The molecule has 0 atom stereocenters. The fourth-order valence-corrected chi connectivity index (χ4v) is 2.60. The van der Waals surface area contributed by atoms with Crippen LogP contribution in [-0.2, 0) is 9.53 Å². The Morgan fingerprint density at radius 2 is 1.95 bits per heavy atom. The van der Waals surface area contributed by atoms with E-state index in [1.54, 1.807) is 7.11 Å². The second kappa shape index (κ2) is 6.73. The number of carbonyl (C=O) groups excluding carboxylic acids is 1.